The van der Waals surface area contributed by atoms with Gasteiger partial charge in [0.1, 0.15) is 30.4 Å². The Morgan fingerprint density at radius 2 is 1.04 bits per heavy atom. The van der Waals surface area contributed by atoms with Crippen LogP contribution in [0.5, 0.6) is 0 Å². The van der Waals surface area contributed by atoms with Crippen LogP contribution in [0.3, 0.4) is 0 Å². The van der Waals surface area contributed by atoms with E-state index in [0.717, 1.165) is 12.1 Å². The number of anilines is 2. The van der Waals surface area contributed by atoms with E-state index in [1.54, 1.807) is 0 Å². The van der Waals surface area contributed by atoms with Gasteiger partial charge in [-0.25, -0.2) is 47.1 Å². The molecule has 244 valence electrons. The predicted molar refractivity (Wildman–Crippen MR) is 146 cm³/mol. The molecule has 4 rings (SSSR count). The van der Waals surface area contributed by atoms with Gasteiger partial charge < -0.3 is 18.9 Å². The number of sulfonamides is 2. The van der Waals surface area contributed by atoms with Crippen molar-refractivity contribution < 1.29 is 189 Å². The Labute approximate surface area is 375 Å². The van der Waals surface area contributed by atoms with Gasteiger partial charge in [0.05, 0.1) is 52.4 Å². The molecule has 0 spiro atoms. The van der Waals surface area contributed by atoms with Crippen LogP contribution in [0.1, 0.15) is 0 Å². The number of hydrogen-bond acceptors (Lipinski definition) is 19. The molecule has 0 atom stereocenters. The average molecular weight is 854 g/mol. The van der Waals surface area contributed by atoms with Gasteiger partial charge in [0.15, 0.2) is 5.13 Å². The molecular formula is C19H11N3Na4O16S7. The average Bonchev–Trinajstić information content (AvgIpc) is 3.30. The molecule has 0 saturated heterocycles. The van der Waals surface area contributed by atoms with E-state index >= 15 is 0 Å². The van der Waals surface area contributed by atoms with Crippen molar-refractivity contribution in [3.8, 4) is 0 Å². The van der Waals surface area contributed by atoms with Gasteiger partial charge in [0, 0.05) is 4.90 Å². The summed E-state index contributed by atoms with van der Waals surface area (Å²) >= 11 is 0.727. The number of rotatable bonds is 12. The Bertz CT molecular complexity index is 2340. The quantitative estimate of drug-likeness (QED) is 0.0439. The van der Waals surface area contributed by atoms with Gasteiger partial charge >= 0.3 is 118 Å². The minimum atomic E-state index is -5.40. The Balaban J connectivity index is 0.00000576. The zero-order valence-electron chi connectivity index (χ0n) is 25.0. The summed E-state index contributed by atoms with van der Waals surface area (Å²) in [5.41, 5.74) is -0.0739. The molecule has 4 aromatic rings. The van der Waals surface area contributed by atoms with Crippen LogP contribution in [-0.4, -0.2) is 60.7 Å². The van der Waals surface area contributed by atoms with E-state index in [1.807, 2.05) is 4.72 Å². The summed E-state index contributed by atoms with van der Waals surface area (Å²) < 4.78 is 163. The van der Waals surface area contributed by atoms with E-state index in [4.69, 9.17) is 0 Å². The van der Waals surface area contributed by atoms with E-state index in [0.29, 0.717) is 29.5 Å². The van der Waals surface area contributed by atoms with Gasteiger partial charge in [-0.3, -0.25) is 14.5 Å². The van der Waals surface area contributed by atoms with Crippen LogP contribution in [0.25, 0.3) is 10.2 Å². The molecule has 0 radical (unpaired) electrons. The van der Waals surface area contributed by atoms with E-state index in [1.165, 1.54) is 18.2 Å². The summed E-state index contributed by atoms with van der Waals surface area (Å²) in [6.07, 6.45) is 0. The zero-order valence-corrected chi connectivity index (χ0v) is 38.7. The summed E-state index contributed by atoms with van der Waals surface area (Å²) in [6, 6.07) is 6.57. The first kappa shape index (κ1) is 50.0. The normalized spacial score (nSPS) is 12.1. The molecule has 0 bridgehead atoms. The van der Waals surface area contributed by atoms with E-state index in [9.17, 15) is 61.0 Å². The van der Waals surface area contributed by atoms with Crippen LogP contribution in [0, 0.1) is 0 Å². The number of hydrogen-bond donors (Lipinski definition) is 2. The fourth-order valence-corrected chi connectivity index (χ4v) is 9.22. The molecule has 19 nitrogen and oxygen atoms in total. The molecule has 0 unspecified atom stereocenters. The molecule has 3 aromatic carbocycles. The fourth-order valence-electron chi connectivity index (χ4n) is 3.36. The van der Waals surface area contributed by atoms with Crippen LogP contribution in [-0.2, 0) is 59.8 Å². The summed E-state index contributed by atoms with van der Waals surface area (Å²) in [4.78, 5) is -1.74. The molecule has 30 heteroatoms. The summed E-state index contributed by atoms with van der Waals surface area (Å²) in [6.45, 7) is 0. The molecule has 1 heterocycles. The van der Waals surface area contributed by atoms with Crippen LogP contribution in [0.15, 0.2) is 84.0 Å². The summed E-state index contributed by atoms with van der Waals surface area (Å²) in [7, 11) is -25.5. The second-order valence-electron chi connectivity index (χ2n) is 8.27. The van der Waals surface area contributed by atoms with Gasteiger partial charge in [0.2, 0.25) is 0 Å². The monoisotopic (exact) mass is 853 g/mol. The van der Waals surface area contributed by atoms with Crippen molar-refractivity contribution in [3.63, 3.8) is 0 Å². The molecule has 49 heavy (non-hydrogen) atoms. The van der Waals surface area contributed by atoms with Gasteiger partial charge in [-0.1, -0.05) is 11.3 Å². The first-order chi connectivity index (χ1) is 20.6. The summed E-state index contributed by atoms with van der Waals surface area (Å²) in [5.74, 6) is 0. The number of aromatic nitrogens is 1. The van der Waals surface area contributed by atoms with Crippen molar-refractivity contribution in [3.05, 3.63) is 54.6 Å². The summed E-state index contributed by atoms with van der Waals surface area (Å²) in [5, 5.41) is 12.8. The van der Waals surface area contributed by atoms with Crippen molar-refractivity contribution >= 4 is 94.8 Å². The molecule has 1 aromatic heterocycles. The maximum atomic E-state index is 13.0. The minimum absolute atomic E-state index is 0. The van der Waals surface area contributed by atoms with Crippen LogP contribution in [0.4, 0.5) is 10.8 Å². The third-order valence-corrected chi connectivity index (χ3v) is 11.9. The molecule has 0 saturated carbocycles. The SMILES string of the molecule is O=S(=O)([O-])c1cc(SOO[O-])cc(S(=O)(=O)Nc2ccc3nc(NS(=O)(=O)c4cc(S(=O)(=O)[O-])cc(S(=O)(=O)[O-])c4)sc3c2)c1.[Na+].[Na+].[Na+].[Na+]. The topological polar surface area (TPSA) is 318 Å². The Kier molecular flexibility index (Phi) is 19.4. The van der Waals surface area contributed by atoms with Gasteiger partial charge in [-0.05, 0) is 54.6 Å². The molecule has 0 amide bonds. The number of nitrogens with one attached hydrogen (secondary N) is 2. The fraction of sp³-hybridized carbons (Fsp3) is 0. The maximum Gasteiger partial charge on any atom is 1.00 e. The van der Waals surface area contributed by atoms with E-state index < -0.39 is 80.0 Å². The van der Waals surface area contributed by atoms with Crippen LogP contribution < -0.4 is 133 Å². The number of thiazole rings is 1. The number of nitrogens with zero attached hydrogens (tertiary/aromatic N) is 1. The molecule has 0 aliphatic rings. The van der Waals surface area contributed by atoms with Crippen LogP contribution >= 0.6 is 23.4 Å². The first-order valence-corrected chi connectivity index (χ1v) is 19.6. The third-order valence-electron chi connectivity index (χ3n) is 5.21. The van der Waals surface area contributed by atoms with Crippen molar-refractivity contribution in [2.24, 2.45) is 0 Å². The smallest absolute Gasteiger partial charge is 0.744 e. The van der Waals surface area contributed by atoms with Gasteiger partial charge in [0.25, 0.3) is 20.0 Å². The largest absolute Gasteiger partial charge is 1.00 e. The maximum absolute atomic E-state index is 13.0. The Morgan fingerprint density at radius 3 is 1.53 bits per heavy atom. The van der Waals surface area contributed by atoms with Crippen LogP contribution in [0.2, 0.25) is 0 Å². The zero-order chi connectivity index (χ0) is 33.6. The Hall–Kier alpha value is 1.01. The second kappa shape index (κ2) is 19.0. The molecule has 0 aliphatic heterocycles. The molecular weight excluding hydrogens is 843 g/mol. The van der Waals surface area contributed by atoms with Crippen molar-refractivity contribution in [2.75, 3.05) is 9.44 Å². The standard InChI is InChI=1S/C19H15N3O16S7.4Na/c23-37-38-40-11-4-12(6-14(5-11)43(28,29)30)41(24,25)21-10-1-2-17-18(3-10)39-19(20-17)22-42(26,27)13-7-15(44(31,32)33)9-16(8-13)45(34,35)36;;;;/h1-9,21,23H,(H,20,22)(H,28,29,30)(H,31,32,33)(H,34,35,36);;;;/q;4*+1/p-4. The van der Waals surface area contributed by atoms with Crippen molar-refractivity contribution in [2.45, 2.75) is 29.4 Å². The predicted octanol–water partition coefficient (Wildman–Crippen LogP) is -12.1. The van der Waals surface area contributed by atoms with Crippen molar-refractivity contribution in [1.29, 1.82) is 0 Å². The van der Waals surface area contributed by atoms with Crippen molar-refractivity contribution in [1.82, 2.24) is 4.98 Å². The Morgan fingerprint density at radius 1 is 0.612 bits per heavy atom. The minimum Gasteiger partial charge on any atom is -0.744 e. The first-order valence-electron chi connectivity index (χ1n) is 10.9. The second-order valence-corrected chi connectivity index (χ2v) is 17.6. The van der Waals surface area contributed by atoms with Gasteiger partial charge in [-0.2, -0.15) is 4.33 Å². The molecule has 0 aliphatic carbocycles. The number of fused-ring (bicyclic) bond motifs is 1. The third kappa shape index (κ3) is 13.4. The molecule has 0 fully saturated rings. The number of benzene rings is 3. The van der Waals surface area contributed by atoms with E-state index in [2.05, 4.69) is 19.1 Å². The van der Waals surface area contributed by atoms with E-state index in [-0.39, 0.29) is 157 Å². The van der Waals surface area contributed by atoms with Gasteiger partial charge in [-0.15, -0.1) is 0 Å². The molecule has 2 N–H and O–H groups in total.